The summed E-state index contributed by atoms with van der Waals surface area (Å²) < 4.78 is 0. The summed E-state index contributed by atoms with van der Waals surface area (Å²) in [6.07, 6.45) is 6.59. The zero-order chi connectivity index (χ0) is 15.9. The van der Waals surface area contributed by atoms with Crippen LogP contribution in [0.15, 0.2) is 30.3 Å². The molecule has 0 aliphatic carbocycles. The highest BCUT2D eigenvalue weighted by molar-refractivity contribution is 5.14. The van der Waals surface area contributed by atoms with Crippen LogP contribution < -0.4 is 5.32 Å². The van der Waals surface area contributed by atoms with Crippen molar-refractivity contribution >= 4 is 0 Å². The van der Waals surface area contributed by atoms with Gasteiger partial charge >= 0.3 is 0 Å². The van der Waals surface area contributed by atoms with Crippen LogP contribution in [0.5, 0.6) is 0 Å². The largest absolute Gasteiger partial charge is 0.312 e. The second-order valence-corrected chi connectivity index (χ2v) is 7.18. The molecule has 23 heavy (non-hydrogen) atoms. The van der Waals surface area contributed by atoms with E-state index in [1.165, 1.54) is 76.9 Å². The van der Waals surface area contributed by atoms with Crippen molar-refractivity contribution in [2.45, 2.75) is 51.1 Å². The number of likely N-dealkylation sites (tertiary alicyclic amines) is 2. The molecule has 1 aromatic carbocycles. The molecule has 0 bridgehead atoms. The van der Waals surface area contributed by atoms with Crippen LogP contribution in [0.4, 0.5) is 0 Å². The minimum atomic E-state index is 0.738. The van der Waals surface area contributed by atoms with Crippen LogP contribution >= 0.6 is 0 Å². The number of likely N-dealkylation sites (N-methyl/N-ethyl adjacent to an activating group) is 1. The number of hydrogen-bond acceptors (Lipinski definition) is 3. The number of nitrogens with one attached hydrogen (secondary N) is 1. The second kappa shape index (κ2) is 8.81. The zero-order valence-electron chi connectivity index (χ0n) is 14.7. The van der Waals surface area contributed by atoms with Crippen molar-refractivity contribution in [3.05, 3.63) is 35.9 Å². The quantitative estimate of drug-likeness (QED) is 0.835. The Labute approximate surface area is 142 Å². The van der Waals surface area contributed by atoms with Crippen molar-refractivity contribution in [2.75, 3.05) is 39.3 Å². The van der Waals surface area contributed by atoms with E-state index >= 15 is 0 Å². The first-order valence-corrected chi connectivity index (χ1v) is 9.59. The van der Waals surface area contributed by atoms with Crippen LogP contribution in [-0.4, -0.2) is 61.2 Å². The molecule has 2 fully saturated rings. The molecule has 3 rings (SSSR count). The Bertz CT molecular complexity index is 439. The molecule has 1 unspecified atom stereocenters. The number of nitrogens with zero attached hydrogens (tertiary/aromatic N) is 2. The SMILES string of the molecule is CCN1CCCC1CNC1CCN(CCc2ccccc2)CC1. The van der Waals surface area contributed by atoms with Gasteiger partial charge in [0, 0.05) is 25.2 Å². The van der Waals surface area contributed by atoms with E-state index in [9.17, 15) is 0 Å². The van der Waals surface area contributed by atoms with Gasteiger partial charge in [-0.2, -0.15) is 0 Å². The van der Waals surface area contributed by atoms with E-state index in [0.29, 0.717) is 0 Å². The van der Waals surface area contributed by atoms with Crippen molar-refractivity contribution in [1.82, 2.24) is 15.1 Å². The third kappa shape index (κ3) is 5.03. The van der Waals surface area contributed by atoms with Gasteiger partial charge in [-0.05, 0) is 63.8 Å². The Kier molecular flexibility index (Phi) is 6.49. The summed E-state index contributed by atoms with van der Waals surface area (Å²) in [7, 11) is 0. The molecular weight excluding hydrogens is 282 g/mol. The van der Waals surface area contributed by atoms with Gasteiger partial charge in [-0.15, -0.1) is 0 Å². The van der Waals surface area contributed by atoms with Gasteiger partial charge in [0.05, 0.1) is 0 Å². The molecule has 3 heteroatoms. The minimum absolute atomic E-state index is 0.738. The van der Waals surface area contributed by atoms with Crippen LogP contribution in [0.25, 0.3) is 0 Å². The molecule has 2 saturated heterocycles. The lowest BCUT2D eigenvalue weighted by molar-refractivity contribution is 0.188. The standard InChI is InChI=1S/C20H33N3/c1-2-23-13-6-9-20(23)17-21-19-11-15-22(16-12-19)14-10-18-7-4-3-5-8-18/h3-5,7-8,19-21H,2,6,9-17H2,1H3. The van der Waals surface area contributed by atoms with Crippen molar-refractivity contribution in [3.8, 4) is 0 Å². The Morgan fingerprint density at radius 2 is 1.83 bits per heavy atom. The van der Waals surface area contributed by atoms with E-state index in [1.807, 2.05) is 0 Å². The summed E-state index contributed by atoms with van der Waals surface area (Å²) >= 11 is 0. The van der Waals surface area contributed by atoms with Crippen molar-refractivity contribution in [1.29, 1.82) is 0 Å². The third-order valence-electron chi connectivity index (χ3n) is 5.69. The molecule has 0 radical (unpaired) electrons. The summed E-state index contributed by atoms with van der Waals surface area (Å²) in [5.74, 6) is 0. The van der Waals surface area contributed by atoms with Crippen LogP contribution in [0.1, 0.15) is 38.2 Å². The Balaban J connectivity index is 1.32. The van der Waals surface area contributed by atoms with Crippen LogP contribution in [0.2, 0.25) is 0 Å². The first kappa shape index (κ1) is 16.9. The second-order valence-electron chi connectivity index (χ2n) is 7.18. The average molecular weight is 316 g/mol. The highest BCUT2D eigenvalue weighted by Gasteiger charge is 2.24. The van der Waals surface area contributed by atoms with E-state index in [1.54, 1.807) is 0 Å². The minimum Gasteiger partial charge on any atom is -0.312 e. The lowest BCUT2D eigenvalue weighted by atomic mass is 10.0. The van der Waals surface area contributed by atoms with Crippen molar-refractivity contribution in [2.24, 2.45) is 0 Å². The molecule has 2 heterocycles. The molecular formula is C20H33N3. The van der Waals surface area contributed by atoms with Gasteiger partial charge < -0.3 is 10.2 Å². The first-order chi connectivity index (χ1) is 11.3. The Hall–Kier alpha value is -0.900. The fraction of sp³-hybridized carbons (Fsp3) is 0.700. The van der Waals surface area contributed by atoms with Crippen LogP contribution in [0.3, 0.4) is 0 Å². The first-order valence-electron chi connectivity index (χ1n) is 9.59. The highest BCUT2D eigenvalue weighted by atomic mass is 15.2. The molecule has 2 aliphatic heterocycles. The summed E-state index contributed by atoms with van der Waals surface area (Å²) in [4.78, 5) is 5.28. The molecule has 1 aromatic rings. The van der Waals surface area contributed by atoms with Crippen molar-refractivity contribution in [3.63, 3.8) is 0 Å². The summed E-state index contributed by atoms with van der Waals surface area (Å²) in [6.45, 7) is 9.74. The molecule has 3 nitrogen and oxygen atoms in total. The van der Waals surface area contributed by atoms with Gasteiger partial charge in [-0.3, -0.25) is 4.90 Å². The summed E-state index contributed by atoms with van der Waals surface area (Å²) in [5, 5.41) is 3.85. The Morgan fingerprint density at radius 3 is 2.57 bits per heavy atom. The Morgan fingerprint density at radius 1 is 1.04 bits per heavy atom. The van der Waals surface area contributed by atoms with Gasteiger partial charge in [0.1, 0.15) is 0 Å². The van der Waals surface area contributed by atoms with E-state index in [2.05, 4.69) is 52.4 Å². The summed E-state index contributed by atoms with van der Waals surface area (Å²) in [6, 6.07) is 12.4. The van der Waals surface area contributed by atoms with E-state index in [0.717, 1.165) is 12.1 Å². The fourth-order valence-corrected chi connectivity index (χ4v) is 4.14. The van der Waals surface area contributed by atoms with Gasteiger partial charge in [0.2, 0.25) is 0 Å². The molecule has 0 saturated carbocycles. The lowest BCUT2D eigenvalue weighted by Gasteiger charge is -2.34. The molecule has 128 valence electrons. The van der Waals surface area contributed by atoms with E-state index in [4.69, 9.17) is 0 Å². The molecule has 1 N–H and O–H groups in total. The predicted octanol–water partition coefficient (Wildman–Crippen LogP) is 2.77. The fourth-order valence-electron chi connectivity index (χ4n) is 4.14. The van der Waals surface area contributed by atoms with Crippen molar-refractivity contribution < 1.29 is 0 Å². The predicted molar refractivity (Wildman–Crippen MR) is 97.9 cm³/mol. The van der Waals surface area contributed by atoms with Gasteiger partial charge in [0.25, 0.3) is 0 Å². The molecule has 2 aliphatic rings. The lowest BCUT2D eigenvalue weighted by Crippen LogP contribution is -2.47. The number of piperidine rings is 1. The molecule has 1 atom stereocenters. The number of rotatable bonds is 7. The van der Waals surface area contributed by atoms with Gasteiger partial charge in [-0.25, -0.2) is 0 Å². The maximum atomic E-state index is 3.85. The monoisotopic (exact) mass is 315 g/mol. The molecule has 0 aromatic heterocycles. The maximum absolute atomic E-state index is 3.85. The van der Waals surface area contributed by atoms with E-state index < -0.39 is 0 Å². The van der Waals surface area contributed by atoms with Gasteiger partial charge in [0.15, 0.2) is 0 Å². The number of benzene rings is 1. The smallest absolute Gasteiger partial charge is 0.0221 e. The molecule has 0 spiro atoms. The van der Waals surface area contributed by atoms with Gasteiger partial charge in [-0.1, -0.05) is 37.3 Å². The normalized spacial score (nSPS) is 24.3. The zero-order valence-corrected chi connectivity index (χ0v) is 14.7. The summed E-state index contributed by atoms with van der Waals surface area (Å²) in [5.41, 5.74) is 1.47. The van der Waals surface area contributed by atoms with E-state index in [-0.39, 0.29) is 0 Å². The third-order valence-corrected chi connectivity index (χ3v) is 5.69. The average Bonchev–Trinajstić information content (AvgIpc) is 3.07. The number of hydrogen-bond donors (Lipinski definition) is 1. The van der Waals surface area contributed by atoms with Crippen LogP contribution in [0, 0.1) is 0 Å². The topological polar surface area (TPSA) is 18.5 Å². The maximum Gasteiger partial charge on any atom is 0.0221 e. The molecule has 0 amide bonds. The highest BCUT2D eigenvalue weighted by Crippen LogP contribution is 2.17. The van der Waals surface area contributed by atoms with Crippen LogP contribution in [-0.2, 0) is 6.42 Å².